The summed E-state index contributed by atoms with van der Waals surface area (Å²) in [7, 11) is 0. The van der Waals surface area contributed by atoms with E-state index in [4.69, 9.17) is 4.74 Å². The third kappa shape index (κ3) is 6.00. The molecule has 0 atom stereocenters. The van der Waals surface area contributed by atoms with Crippen molar-refractivity contribution in [3.63, 3.8) is 0 Å². The van der Waals surface area contributed by atoms with E-state index in [1.165, 1.54) is 25.9 Å². The van der Waals surface area contributed by atoms with Gasteiger partial charge in [0.1, 0.15) is 6.61 Å². The largest absolute Gasteiger partial charge is 0.372 e. The number of likely N-dealkylation sites (tertiary alicyclic amines) is 1. The van der Waals surface area contributed by atoms with Crippen LogP contribution in [0.25, 0.3) is 0 Å². The first-order valence-corrected chi connectivity index (χ1v) is 7.00. The molecule has 0 aromatic heterocycles. The first-order valence-electron chi connectivity index (χ1n) is 5.92. The highest BCUT2D eigenvalue weighted by Crippen LogP contribution is 2.15. The zero-order valence-electron chi connectivity index (χ0n) is 9.88. The zero-order valence-corrected chi connectivity index (χ0v) is 12.0. The Balaban J connectivity index is 1.93. The van der Waals surface area contributed by atoms with Crippen molar-refractivity contribution in [1.82, 2.24) is 8.43 Å². The Kier molecular flexibility index (Phi) is 7.31. The molecule has 1 N–H and O–H groups in total. The molecule has 1 aliphatic rings. The minimum absolute atomic E-state index is 0.0626. The summed E-state index contributed by atoms with van der Waals surface area (Å²) in [5, 5.41) is 0. The van der Waals surface area contributed by atoms with Crippen molar-refractivity contribution in [3.8, 4) is 0 Å². The van der Waals surface area contributed by atoms with Crippen LogP contribution in [0.15, 0.2) is 0 Å². The van der Waals surface area contributed by atoms with E-state index in [0.29, 0.717) is 6.61 Å². The van der Waals surface area contributed by atoms with Gasteiger partial charge in [-0.1, -0.05) is 6.92 Å². The lowest BCUT2D eigenvalue weighted by Gasteiger charge is -2.29. The van der Waals surface area contributed by atoms with Gasteiger partial charge in [0.25, 0.3) is 5.91 Å². The molecule has 94 valence electrons. The average molecular weight is 340 g/mol. The first kappa shape index (κ1) is 14.2. The van der Waals surface area contributed by atoms with E-state index in [-0.39, 0.29) is 12.5 Å². The van der Waals surface area contributed by atoms with Gasteiger partial charge in [-0.3, -0.25) is 8.32 Å². The molecule has 1 amide bonds. The fourth-order valence-corrected chi connectivity index (χ4v) is 2.02. The first-order chi connectivity index (χ1) is 7.72. The van der Waals surface area contributed by atoms with Crippen LogP contribution in [-0.4, -0.2) is 43.7 Å². The summed E-state index contributed by atoms with van der Waals surface area (Å²) in [5.74, 6) is 0.826. The highest BCUT2D eigenvalue weighted by molar-refractivity contribution is 14.1. The van der Waals surface area contributed by atoms with Crippen molar-refractivity contribution >= 4 is 28.8 Å². The molecule has 0 aromatic carbocycles. The highest BCUT2D eigenvalue weighted by atomic mass is 127. The van der Waals surface area contributed by atoms with Crippen LogP contribution >= 0.6 is 22.9 Å². The molecule has 0 bridgehead atoms. The molecular formula is C11H21IN2O2. The van der Waals surface area contributed by atoms with Gasteiger partial charge in [-0.15, -0.1) is 0 Å². The van der Waals surface area contributed by atoms with E-state index in [2.05, 4.69) is 15.4 Å². The summed E-state index contributed by atoms with van der Waals surface area (Å²) in [6, 6.07) is 0. The van der Waals surface area contributed by atoms with Crippen LogP contribution in [0.5, 0.6) is 0 Å². The van der Waals surface area contributed by atoms with Gasteiger partial charge in [-0.2, -0.15) is 0 Å². The number of piperidine rings is 1. The summed E-state index contributed by atoms with van der Waals surface area (Å²) in [6.07, 6.45) is 3.65. The lowest BCUT2D eigenvalue weighted by molar-refractivity contribution is -0.123. The fourth-order valence-electron chi connectivity index (χ4n) is 1.87. The smallest absolute Gasteiger partial charge is 0.254 e. The van der Waals surface area contributed by atoms with Gasteiger partial charge >= 0.3 is 0 Å². The Labute approximate surface area is 112 Å². The van der Waals surface area contributed by atoms with E-state index >= 15 is 0 Å². The van der Waals surface area contributed by atoms with Crippen molar-refractivity contribution in [2.75, 3.05) is 32.8 Å². The molecule has 4 nitrogen and oxygen atoms in total. The van der Waals surface area contributed by atoms with Gasteiger partial charge in [0.15, 0.2) is 0 Å². The Morgan fingerprint density at radius 1 is 1.50 bits per heavy atom. The van der Waals surface area contributed by atoms with Crippen molar-refractivity contribution in [1.29, 1.82) is 0 Å². The molecule has 1 saturated heterocycles. The van der Waals surface area contributed by atoms with E-state index in [0.717, 1.165) is 18.9 Å². The maximum absolute atomic E-state index is 10.9. The molecule has 0 radical (unpaired) electrons. The number of halogens is 1. The Morgan fingerprint density at radius 3 is 2.81 bits per heavy atom. The van der Waals surface area contributed by atoms with Crippen LogP contribution in [-0.2, 0) is 9.53 Å². The van der Waals surface area contributed by atoms with E-state index < -0.39 is 0 Å². The molecule has 1 heterocycles. The summed E-state index contributed by atoms with van der Waals surface area (Å²) >= 11 is 1.82. The van der Waals surface area contributed by atoms with E-state index in [1.807, 2.05) is 22.9 Å². The van der Waals surface area contributed by atoms with Gasteiger partial charge < -0.3 is 9.64 Å². The number of carbonyl (C=O) groups excluding carboxylic acids is 1. The SMILES string of the molecule is CC1CCN(CCCOCC(=O)NI)CC1. The maximum atomic E-state index is 10.9. The lowest BCUT2D eigenvalue weighted by atomic mass is 9.99. The van der Waals surface area contributed by atoms with E-state index in [1.54, 1.807) is 0 Å². The molecule has 16 heavy (non-hydrogen) atoms. The molecule has 0 spiro atoms. The van der Waals surface area contributed by atoms with Crippen LogP contribution in [0.4, 0.5) is 0 Å². The molecule has 0 aromatic rings. The summed E-state index contributed by atoms with van der Waals surface area (Å²) in [4.78, 5) is 13.3. The molecule has 5 heteroatoms. The second-order valence-corrected chi connectivity index (χ2v) is 4.99. The third-order valence-corrected chi connectivity index (χ3v) is 3.58. The number of amides is 1. The average Bonchev–Trinajstić information content (AvgIpc) is 2.31. The molecule has 1 fully saturated rings. The predicted molar refractivity (Wildman–Crippen MR) is 72.4 cm³/mol. The highest BCUT2D eigenvalue weighted by Gasteiger charge is 2.14. The Hall–Kier alpha value is 0.120. The third-order valence-electron chi connectivity index (χ3n) is 2.98. The number of rotatable bonds is 6. The van der Waals surface area contributed by atoms with Crippen LogP contribution in [0.3, 0.4) is 0 Å². The lowest BCUT2D eigenvalue weighted by Crippen LogP contribution is -2.34. The van der Waals surface area contributed by atoms with Crippen molar-refractivity contribution in [3.05, 3.63) is 0 Å². The number of carbonyl (C=O) groups is 1. The van der Waals surface area contributed by atoms with Crippen LogP contribution < -0.4 is 3.53 Å². The van der Waals surface area contributed by atoms with Crippen LogP contribution in [0.2, 0.25) is 0 Å². The fraction of sp³-hybridized carbons (Fsp3) is 0.909. The summed E-state index contributed by atoms with van der Waals surface area (Å²) < 4.78 is 7.76. The summed E-state index contributed by atoms with van der Waals surface area (Å²) in [6.45, 7) is 6.71. The van der Waals surface area contributed by atoms with Crippen LogP contribution in [0, 0.1) is 5.92 Å². The quantitative estimate of drug-likeness (QED) is 0.454. The van der Waals surface area contributed by atoms with Crippen molar-refractivity contribution < 1.29 is 9.53 Å². The monoisotopic (exact) mass is 340 g/mol. The van der Waals surface area contributed by atoms with Crippen LogP contribution in [0.1, 0.15) is 26.2 Å². The van der Waals surface area contributed by atoms with E-state index in [9.17, 15) is 4.79 Å². The topological polar surface area (TPSA) is 41.6 Å². The number of nitrogens with one attached hydrogen (secondary N) is 1. The summed E-state index contributed by atoms with van der Waals surface area (Å²) in [5.41, 5.74) is 0. The van der Waals surface area contributed by atoms with Gasteiger partial charge in [-0.25, -0.2) is 0 Å². The van der Waals surface area contributed by atoms with Crippen molar-refractivity contribution in [2.45, 2.75) is 26.2 Å². The number of ether oxygens (including phenoxy) is 1. The van der Waals surface area contributed by atoms with Crippen molar-refractivity contribution in [2.24, 2.45) is 5.92 Å². The minimum Gasteiger partial charge on any atom is -0.372 e. The number of hydrogen-bond acceptors (Lipinski definition) is 3. The normalized spacial score (nSPS) is 18.6. The maximum Gasteiger partial charge on any atom is 0.254 e. The second-order valence-electron chi connectivity index (χ2n) is 4.45. The number of hydrogen-bond donors (Lipinski definition) is 1. The second kappa shape index (κ2) is 8.25. The predicted octanol–water partition coefficient (Wildman–Crippen LogP) is 1.59. The minimum atomic E-state index is -0.0626. The van der Waals surface area contributed by atoms with Gasteiger partial charge in [0.05, 0.1) is 22.9 Å². The Bertz CT molecular complexity index is 206. The molecule has 0 unspecified atom stereocenters. The van der Waals surface area contributed by atoms with Gasteiger partial charge in [0.2, 0.25) is 0 Å². The zero-order chi connectivity index (χ0) is 11.8. The molecule has 0 aliphatic carbocycles. The molecule has 1 rings (SSSR count). The standard InChI is InChI=1S/C11H21IN2O2/c1-10-3-6-14(7-4-10)5-2-8-16-9-11(15)13-12/h10H,2-9H2,1H3,(H,13,15). The Morgan fingerprint density at radius 2 is 2.19 bits per heavy atom. The van der Waals surface area contributed by atoms with Gasteiger partial charge in [0, 0.05) is 13.2 Å². The van der Waals surface area contributed by atoms with Gasteiger partial charge in [-0.05, 0) is 38.3 Å². The molecular weight excluding hydrogens is 319 g/mol. The molecule has 1 aliphatic heterocycles. The number of nitrogens with zero attached hydrogens (tertiary/aromatic N) is 1. The molecule has 0 saturated carbocycles.